The molecule has 37 heavy (non-hydrogen) atoms. The second-order valence-corrected chi connectivity index (χ2v) is 9.66. The van der Waals surface area contributed by atoms with E-state index >= 15 is 0 Å². The van der Waals surface area contributed by atoms with Crippen molar-refractivity contribution in [1.82, 2.24) is 14.7 Å². The van der Waals surface area contributed by atoms with Gasteiger partial charge < -0.3 is 24.0 Å². The van der Waals surface area contributed by atoms with Gasteiger partial charge in [-0.1, -0.05) is 30.3 Å². The molecule has 0 unspecified atom stereocenters. The summed E-state index contributed by atoms with van der Waals surface area (Å²) in [6, 6.07) is 15.8. The van der Waals surface area contributed by atoms with Crippen LogP contribution in [-0.4, -0.2) is 97.3 Å². The first-order valence-corrected chi connectivity index (χ1v) is 12.8. The van der Waals surface area contributed by atoms with Crippen LogP contribution in [0.3, 0.4) is 0 Å². The van der Waals surface area contributed by atoms with Crippen LogP contribution >= 0.6 is 0 Å². The van der Waals surface area contributed by atoms with Crippen molar-refractivity contribution in [2.24, 2.45) is 0 Å². The number of likely N-dealkylation sites (tertiary alicyclic amines) is 1. The van der Waals surface area contributed by atoms with Gasteiger partial charge in [0.2, 0.25) is 11.8 Å². The minimum Gasteiger partial charge on any atom is -0.497 e. The van der Waals surface area contributed by atoms with E-state index in [-0.39, 0.29) is 24.3 Å². The van der Waals surface area contributed by atoms with Crippen molar-refractivity contribution in [1.29, 1.82) is 0 Å². The van der Waals surface area contributed by atoms with Crippen LogP contribution in [0.5, 0.6) is 5.75 Å². The number of morpholine rings is 1. The topological polar surface area (TPSA) is 88.6 Å². The molecule has 2 aromatic rings. The van der Waals surface area contributed by atoms with Crippen LogP contribution < -0.4 is 4.74 Å². The highest BCUT2D eigenvalue weighted by molar-refractivity contribution is 5.98. The summed E-state index contributed by atoms with van der Waals surface area (Å²) in [5.74, 6) is 0.323. The molecule has 0 bridgehead atoms. The van der Waals surface area contributed by atoms with Crippen molar-refractivity contribution < 1.29 is 28.6 Å². The molecular formula is C28H33N3O6. The minimum atomic E-state index is -0.937. The summed E-state index contributed by atoms with van der Waals surface area (Å²) in [6.07, 6.45) is 1.23. The molecule has 1 atom stereocenters. The molecule has 3 saturated heterocycles. The van der Waals surface area contributed by atoms with Gasteiger partial charge in [0.25, 0.3) is 5.91 Å². The number of rotatable bonds is 5. The van der Waals surface area contributed by atoms with E-state index in [0.717, 1.165) is 5.56 Å². The number of ether oxygens (including phenoxy) is 3. The Morgan fingerprint density at radius 2 is 1.59 bits per heavy atom. The lowest BCUT2D eigenvalue weighted by molar-refractivity contribution is -0.146. The molecule has 3 fully saturated rings. The molecule has 9 heteroatoms. The van der Waals surface area contributed by atoms with Crippen molar-refractivity contribution in [2.45, 2.75) is 31.0 Å². The maximum Gasteiger partial charge on any atom is 0.256 e. The van der Waals surface area contributed by atoms with Crippen LogP contribution in [0, 0.1) is 0 Å². The van der Waals surface area contributed by atoms with Gasteiger partial charge in [-0.3, -0.25) is 19.3 Å². The van der Waals surface area contributed by atoms with Gasteiger partial charge in [-0.05, 0) is 29.8 Å². The Labute approximate surface area is 216 Å². The number of carbonyl (C=O) groups is 3. The second-order valence-electron chi connectivity index (χ2n) is 9.66. The molecule has 196 valence electrons. The van der Waals surface area contributed by atoms with Crippen LogP contribution in [0.25, 0.3) is 0 Å². The molecule has 0 aliphatic carbocycles. The Morgan fingerprint density at radius 3 is 2.24 bits per heavy atom. The number of piperidine rings is 1. The number of amides is 3. The van der Waals surface area contributed by atoms with E-state index in [4.69, 9.17) is 14.2 Å². The van der Waals surface area contributed by atoms with Crippen molar-refractivity contribution >= 4 is 17.7 Å². The fraction of sp³-hybridized carbons (Fsp3) is 0.464. The summed E-state index contributed by atoms with van der Waals surface area (Å²) < 4.78 is 17.0. The molecule has 0 saturated carbocycles. The average Bonchev–Trinajstić information content (AvgIpc) is 3.31. The number of nitrogens with zero attached hydrogens (tertiary/aromatic N) is 3. The predicted octanol–water partition coefficient (Wildman–Crippen LogP) is 1.96. The lowest BCUT2D eigenvalue weighted by Gasteiger charge is -2.45. The number of methoxy groups -OCH3 is 1. The Hall–Kier alpha value is -3.43. The highest BCUT2D eigenvalue weighted by atomic mass is 16.5. The summed E-state index contributed by atoms with van der Waals surface area (Å²) in [4.78, 5) is 45.7. The van der Waals surface area contributed by atoms with E-state index in [1.54, 1.807) is 41.2 Å². The zero-order valence-electron chi connectivity index (χ0n) is 21.1. The van der Waals surface area contributed by atoms with Crippen molar-refractivity contribution in [2.75, 3.05) is 53.1 Å². The van der Waals surface area contributed by atoms with Gasteiger partial charge in [-0.15, -0.1) is 0 Å². The molecule has 3 amide bonds. The molecule has 1 spiro atoms. The van der Waals surface area contributed by atoms with Crippen molar-refractivity contribution in [3.63, 3.8) is 0 Å². The van der Waals surface area contributed by atoms with Crippen LogP contribution in [0.1, 0.15) is 28.8 Å². The lowest BCUT2D eigenvalue weighted by atomic mass is 9.96. The van der Waals surface area contributed by atoms with Crippen LogP contribution in [-0.2, 0) is 25.5 Å². The summed E-state index contributed by atoms with van der Waals surface area (Å²) in [5.41, 5.74) is 0.498. The summed E-state index contributed by atoms with van der Waals surface area (Å²) in [5, 5.41) is 0. The molecule has 0 radical (unpaired) electrons. The molecule has 3 heterocycles. The smallest absolute Gasteiger partial charge is 0.256 e. The van der Waals surface area contributed by atoms with E-state index in [0.29, 0.717) is 70.0 Å². The molecule has 3 aliphatic heterocycles. The Bertz CT molecular complexity index is 1110. The summed E-state index contributed by atoms with van der Waals surface area (Å²) >= 11 is 0. The normalized spacial score (nSPS) is 21.2. The number of carbonyl (C=O) groups excluding carboxylic acids is 3. The van der Waals surface area contributed by atoms with Crippen LogP contribution in [0.2, 0.25) is 0 Å². The fourth-order valence-electron chi connectivity index (χ4n) is 5.41. The lowest BCUT2D eigenvalue weighted by Crippen LogP contribution is -2.60. The van der Waals surface area contributed by atoms with Gasteiger partial charge in [0, 0.05) is 44.6 Å². The van der Waals surface area contributed by atoms with E-state index in [2.05, 4.69) is 0 Å². The SMILES string of the molecule is COc1ccc(C(=O)N2[C@H](C(=O)N3CCOCC3)COC23CCN(C(=O)Cc2ccccc2)CC3)cc1. The van der Waals surface area contributed by atoms with Gasteiger partial charge in [-0.2, -0.15) is 0 Å². The molecule has 5 rings (SSSR count). The van der Waals surface area contributed by atoms with Gasteiger partial charge in [0.05, 0.1) is 33.4 Å². The van der Waals surface area contributed by atoms with Crippen LogP contribution in [0.4, 0.5) is 0 Å². The Kier molecular flexibility index (Phi) is 7.43. The molecule has 9 nitrogen and oxygen atoms in total. The number of hydrogen-bond acceptors (Lipinski definition) is 6. The number of hydrogen-bond donors (Lipinski definition) is 0. The van der Waals surface area contributed by atoms with Crippen molar-refractivity contribution in [3.05, 3.63) is 65.7 Å². The van der Waals surface area contributed by atoms with Crippen LogP contribution in [0.15, 0.2) is 54.6 Å². The molecular weight excluding hydrogens is 474 g/mol. The quantitative estimate of drug-likeness (QED) is 0.615. The first-order chi connectivity index (χ1) is 18.0. The molecule has 3 aliphatic rings. The molecule has 2 aromatic carbocycles. The highest BCUT2D eigenvalue weighted by Gasteiger charge is 2.55. The molecule has 0 N–H and O–H groups in total. The van der Waals surface area contributed by atoms with E-state index in [1.807, 2.05) is 35.2 Å². The standard InChI is InChI=1S/C28H33N3O6/c1-35-23-9-7-22(8-10-23)26(33)31-24(27(34)30-15-17-36-18-16-30)20-37-28(31)11-13-29(14-12-28)25(32)19-21-5-3-2-4-6-21/h2-10,24H,11-20H2,1H3/t24-/m0/s1. The predicted molar refractivity (Wildman–Crippen MR) is 135 cm³/mol. The Morgan fingerprint density at radius 1 is 0.919 bits per heavy atom. The summed E-state index contributed by atoms with van der Waals surface area (Å²) in [7, 11) is 1.57. The third kappa shape index (κ3) is 5.19. The first-order valence-electron chi connectivity index (χ1n) is 12.8. The highest BCUT2D eigenvalue weighted by Crippen LogP contribution is 2.39. The van der Waals surface area contributed by atoms with Gasteiger partial charge in [0.1, 0.15) is 17.5 Å². The maximum atomic E-state index is 13.9. The van der Waals surface area contributed by atoms with E-state index in [1.165, 1.54) is 0 Å². The summed E-state index contributed by atoms with van der Waals surface area (Å²) in [6.45, 7) is 3.00. The minimum absolute atomic E-state index is 0.0491. The zero-order chi connectivity index (χ0) is 25.8. The largest absolute Gasteiger partial charge is 0.497 e. The Balaban J connectivity index is 1.36. The van der Waals surface area contributed by atoms with Gasteiger partial charge >= 0.3 is 0 Å². The monoisotopic (exact) mass is 507 g/mol. The van der Waals surface area contributed by atoms with E-state index < -0.39 is 11.8 Å². The average molecular weight is 508 g/mol. The second kappa shape index (κ2) is 10.9. The third-order valence-electron chi connectivity index (χ3n) is 7.52. The third-order valence-corrected chi connectivity index (χ3v) is 7.52. The van der Waals surface area contributed by atoms with Gasteiger partial charge in [-0.25, -0.2) is 0 Å². The molecule has 0 aromatic heterocycles. The van der Waals surface area contributed by atoms with Crippen molar-refractivity contribution in [3.8, 4) is 5.75 Å². The van der Waals surface area contributed by atoms with E-state index in [9.17, 15) is 14.4 Å². The zero-order valence-corrected chi connectivity index (χ0v) is 21.1. The first kappa shape index (κ1) is 25.2. The van der Waals surface area contributed by atoms with Gasteiger partial charge in [0.15, 0.2) is 0 Å². The fourth-order valence-corrected chi connectivity index (χ4v) is 5.41. The maximum absolute atomic E-state index is 13.9. The number of benzene rings is 2.